The highest BCUT2D eigenvalue weighted by molar-refractivity contribution is 7.89. The quantitative estimate of drug-likeness (QED) is 0.647. The summed E-state index contributed by atoms with van der Waals surface area (Å²) in [5.41, 5.74) is 1.38. The van der Waals surface area contributed by atoms with Crippen LogP contribution in [0.4, 0.5) is 0 Å². The second kappa shape index (κ2) is 9.86. The van der Waals surface area contributed by atoms with Crippen LogP contribution >= 0.6 is 0 Å². The van der Waals surface area contributed by atoms with E-state index in [9.17, 15) is 13.2 Å². The van der Waals surface area contributed by atoms with Gasteiger partial charge in [-0.15, -0.1) is 0 Å². The maximum absolute atomic E-state index is 13.3. The first-order valence-corrected chi connectivity index (χ1v) is 12.0. The molecule has 0 saturated carbocycles. The van der Waals surface area contributed by atoms with Gasteiger partial charge in [0.1, 0.15) is 0 Å². The summed E-state index contributed by atoms with van der Waals surface area (Å²) in [4.78, 5) is 19.3. The SMILES string of the molecule is O=C(c1ccc(S(=O)(=O)N2CCOCC2)cc1)N(Cc1cccnc1)CC1CCCO1. The molecular formula is C22H27N3O5S. The van der Waals surface area contributed by atoms with Crippen LogP contribution in [0.1, 0.15) is 28.8 Å². The molecule has 0 aliphatic carbocycles. The molecule has 2 fully saturated rings. The number of pyridine rings is 1. The Bertz CT molecular complexity index is 970. The molecule has 1 aromatic carbocycles. The summed E-state index contributed by atoms with van der Waals surface area (Å²) in [5, 5.41) is 0. The van der Waals surface area contributed by atoms with Gasteiger partial charge in [-0.05, 0) is 48.7 Å². The molecule has 1 amide bonds. The molecule has 4 rings (SSSR count). The first-order chi connectivity index (χ1) is 15.0. The first-order valence-electron chi connectivity index (χ1n) is 10.5. The molecule has 1 unspecified atom stereocenters. The molecule has 0 spiro atoms. The molecule has 1 aromatic heterocycles. The molecule has 166 valence electrons. The molecule has 2 aliphatic rings. The smallest absolute Gasteiger partial charge is 0.254 e. The Morgan fingerprint density at radius 1 is 1.13 bits per heavy atom. The fraction of sp³-hybridized carbons (Fsp3) is 0.455. The van der Waals surface area contributed by atoms with Crippen LogP contribution < -0.4 is 0 Å². The molecule has 31 heavy (non-hydrogen) atoms. The number of morpholine rings is 1. The number of benzene rings is 1. The Balaban J connectivity index is 1.51. The zero-order valence-electron chi connectivity index (χ0n) is 17.4. The van der Waals surface area contributed by atoms with Crippen LogP contribution in [0, 0.1) is 0 Å². The molecule has 0 bridgehead atoms. The number of hydrogen-bond acceptors (Lipinski definition) is 6. The lowest BCUT2D eigenvalue weighted by atomic mass is 10.1. The van der Waals surface area contributed by atoms with Crippen LogP contribution in [0.3, 0.4) is 0 Å². The van der Waals surface area contributed by atoms with Gasteiger partial charge < -0.3 is 14.4 Å². The van der Waals surface area contributed by atoms with Gasteiger partial charge in [0.25, 0.3) is 5.91 Å². The van der Waals surface area contributed by atoms with Crippen LogP contribution in [0.5, 0.6) is 0 Å². The number of hydrogen-bond donors (Lipinski definition) is 0. The zero-order valence-corrected chi connectivity index (χ0v) is 18.2. The van der Waals surface area contributed by atoms with Crippen molar-refractivity contribution in [2.75, 3.05) is 39.5 Å². The van der Waals surface area contributed by atoms with Gasteiger partial charge >= 0.3 is 0 Å². The van der Waals surface area contributed by atoms with E-state index in [-0.39, 0.29) is 16.9 Å². The summed E-state index contributed by atoms with van der Waals surface area (Å²) in [6.07, 6.45) is 5.37. The van der Waals surface area contributed by atoms with Gasteiger partial charge in [-0.25, -0.2) is 8.42 Å². The third-order valence-corrected chi connectivity index (χ3v) is 7.45. The largest absolute Gasteiger partial charge is 0.379 e. The number of nitrogens with zero attached hydrogens (tertiary/aromatic N) is 3. The van der Waals surface area contributed by atoms with Crippen molar-refractivity contribution < 1.29 is 22.7 Å². The van der Waals surface area contributed by atoms with Gasteiger partial charge in [-0.1, -0.05) is 6.07 Å². The second-order valence-electron chi connectivity index (χ2n) is 7.72. The third kappa shape index (κ3) is 5.30. The van der Waals surface area contributed by atoms with Gasteiger partial charge in [0.15, 0.2) is 0 Å². The number of ether oxygens (including phenoxy) is 2. The van der Waals surface area contributed by atoms with Gasteiger partial charge in [0.2, 0.25) is 10.0 Å². The van der Waals surface area contributed by atoms with Crippen LogP contribution in [0.2, 0.25) is 0 Å². The fourth-order valence-corrected chi connectivity index (χ4v) is 5.26. The highest BCUT2D eigenvalue weighted by Gasteiger charge is 2.27. The topological polar surface area (TPSA) is 89.0 Å². The van der Waals surface area contributed by atoms with E-state index in [4.69, 9.17) is 9.47 Å². The Kier molecular flexibility index (Phi) is 6.96. The highest BCUT2D eigenvalue weighted by Crippen LogP contribution is 2.20. The van der Waals surface area contributed by atoms with Crippen LogP contribution in [0.25, 0.3) is 0 Å². The average molecular weight is 446 g/mol. The van der Waals surface area contributed by atoms with E-state index in [1.54, 1.807) is 29.4 Å². The molecule has 8 nitrogen and oxygen atoms in total. The number of rotatable bonds is 7. The van der Waals surface area contributed by atoms with E-state index < -0.39 is 10.0 Å². The molecule has 0 N–H and O–H groups in total. The van der Waals surface area contributed by atoms with E-state index in [2.05, 4.69) is 4.98 Å². The summed E-state index contributed by atoms with van der Waals surface area (Å²) >= 11 is 0. The van der Waals surface area contributed by atoms with E-state index in [1.807, 2.05) is 12.1 Å². The van der Waals surface area contributed by atoms with Gasteiger partial charge in [-0.3, -0.25) is 9.78 Å². The Labute approximate surface area is 182 Å². The van der Waals surface area contributed by atoms with Gasteiger partial charge in [-0.2, -0.15) is 4.31 Å². The Morgan fingerprint density at radius 3 is 2.55 bits per heavy atom. The Morgan fingerprint density at radius 2 is 1.90 bits per heavy atom. The zero-order chi connectivity index (χ0) is 21.7. The Hall–Kier alpha value is -2.33. The van der Waals surface area contributed by atoms with Crippen LogP contribution in [-0.4, -0.2) is 74.1 Å². The van der Waals surface area contributed by atoms with Crippen LogP contribution in [0.15, 0.2) is 53.7 Å². The van der Waals surface area contributed by atoms with Crippen molar-refractivity contribution in [1.82, 2.24) is 14.2 Å². The number of amides is 1. The van der Waals surface area contributed by atoms with E-state index in [0.717, 1.165) is 18.4 Å². The van der Waals surface area contributed by atoms with Crippen molar-refractivity contribution in [3.63, 3.8) is 0 Å². The summed E-state index contributed by atoms with van der Waals surface area (Å²) in [6, 6.07) is 9.96. The number of carbonyl (C=O) groups is 1. The minimum atomic E-state index is -3.59. The number of carbonyl (C=O) groups excluding carboxylic acids is 1. The minimum Gasteiger partial charge on any atom is -0.379 e. The number of sulfonamides is 1. The van der Waals surface area contributed by atoms with E-state index in [0.29, 0.717) is 51.6 Å². The maximum Gasteiger partial charge on any atom is 0.254 e. The van der Waals surface area contributed by atoms with Crippen molar-refractivity contribution in [1.29, 1.82) is 0 Å². The molecule has 1 atom stereocenters. The molecule has 9 heteroatoms. The molecule has 2 aromatic rings. The van der Waals surface area contributed by atoms with Gasteiger partial charge in [0, 0.05) is 50.7 Å². The minimum absolute atomic E-state index is 0.0154. The van der Waals surface area contributed by atoms with Crippen molar-refractivity contribution in [3.05, 3.63) is 59.9 Å². The lowest BCUT2D eigenvalue weighted by molar-refractivity contribution is 0.0507. The fourth-order valence-electron chi connectivity index (χ4n) is 3.85. The first kappa shape index (κ1) is 21.9. The number of aromatic nitrogens is 1. The monoisotopic (exact) mass is 445 g/mol. The predicted octanol–water partition coefficient (Wildman–Crippen LogP) is 1.92. The second-order valence-corrected chi connectivity index (χ2v) is 9.66. The van der Waals surface area contributed by atoms with E-state index >= 15 is 0 Å². The summed E-state index contributed by atoms with van der Waals surface area (Å²) in [7, 11) is -3.59. The predicted molar refractivity (Wildman–Crippen MR) is 114 cm³/mol. The standard InChI is InChI=1S/C22H27N3O5S/c26-22(24(17-20-4-2-12-30-20)16-18-3-1-9-23-15-18)19-5-7-21(8-6-19)31(27,28)25-10-13-29-14-11-25/h1,3,5-9,15,20H,2,4,10-14,16-17H2. The molecule has 2 aliphatic heterocycles. The van der Waals surface area contributed by atoms with Crippen molar-refractivity contribution in [2.45, 2.75) is 30.4 Å². The van der Waals surface area contributed by atoms with Crippen LogP contribution in [-0.2, 0) is 26.0 Å². The van der Waals surface area contributed by atoms with E-state index in [1.165, 1.54) is 16.4 Å². The van der Waals surface area contributed by atoms with Crippen molar-refractivity contribution in [3.8, 4) is 0 Å². The molecule has 2 saturated heterocycles. The normalized spacial score (nSPS) is 19.9. The summed E-state index contributed by atoms with van der Waals surface area (Å²) in [5.74, 6) is -0.158. The molecule has 3 heterocycles. The summed E-state index contributed by atoms with van der Waals surface area (Å²) in [6.45, 7) is 3.08. The van der Waals surface area contributed by atoms with Crippen molar-refractivity contribution >= 4 is 15.9 Å². The molecular weight excluding hydrogens is 418 g/mol. The summed E-state index contributed by atoms with van der Waals surface area (Å²) < 4.78 is 38.0. The van der Waals surface area contributed by atoms with Crippen molar-refractivity contribution in [2.24, 2.45) is 0 Å². The average Bonchev–Trinajstić information content (AvgIpc) is 3.33. The third-order valence-electron chi connectivity index (χ3n) is 5.54. The lowest BCUT2D eigenvalue weighted by Gasteiger charge is -2.27. The maximum atomic E-state index is 13.3. The molecule has 0 radical (unpaired) electrons. The van der Waals surface area contributed by atoms with Gasteiger partial charge in [0.05, 0.1) is 24.2 Å². The highest BCUT2D eigenvalue weighted by atomic mass is 32.2. The lowest BCUT2D eigenvalue weighted by Crippen LogP contribution is -2.40.